The molecule has 0 unspecified atom stereocenters. The number of hydrogen-bond acceptors (Lipinski definition) is 4. The second kappa shape index (κ2) is 7.87. The second-order valence-corrected chi connectivity index (χ2v) is 5.21. The first-order valence-electron chi connectivity index (χ1n) is 6.90. The maximum atomic E-state index is 11.7. The lowest BCUT2D eigenvalue weighted by Crippen LogP contribution is -2.26. The van der Waals surface area contributed by atoms with Gasteiger partial charge in [-0.25, -0.2) is 0 Å². The Balaban J connectivity index is 1.98. The third-order valence-corrected chi connectivity index (χ3v) is 3.20. The lowest BCUT2D eigenvalue weighted by Gasteiger charge is -2.20. The minimum atomic E-state index is -0.373. The molecule has 1 heterocycles. The molecule has 0 bridgehead atoms. The van der Waals surface area contributed by atoms with Gasteiger partial charge in [0.05, 0.1) is 24.9 Å². The van der Waals surface area contributed by atoms with Gasteiger partial charge >= 0.3 is 5.97 Å². The highest BCUT2D eigenvalue weighted by Crippen LogP contribution is 2.21. The standard InChI is InChI=1S/C15H24O4/c1-4-15(2,3)14(16)19-11-7-5-6-10-17-13-9-8-12-18-13/h8-9,12H,4-7,10-11H2,1-3H3. The highest BCUT2D eigenvalue weighted by Gasteiger charge is 2.26. The average Bonchev–Trinajstić information content (AvgIpc) is 2.90. The molecule has 0 amide bonds. The largest absolute Gasteiger partial charge is 0.465 e. The third-order valence-electron chi connectivity index (χ3n) is 3.20. The number of carbonyl (C=O) groups is 1. The van der Waals surface area contributed by atoms with Crippen molar-refractivity contribution >= 4 is 5.97 Å². The Morgan fingerprint density at radius 3 is 2.63 bits per heavy atom. The van der Waals surface area contributed by atoms with Crippen molar-refractivity contribution in [3.63, 3.8) is 0 Å². The molecule has 0 saturated carbocycles. The van der Waals surface area contributed by atoms with Crippen LogP contribution >= 0.6 is 0 Å². The van der Waals surface area contributed by atoms with Gasteiger partial charge in [-0.15, -0.1) is 0 Å². The van der Waals surface area contributed by atoms with Crippen LogP contribution in [0.4, 0.5) is 0 Å². The van der Waals surface area contributed by atoms with E-state index in [2.05, 4.69) is 0 Å². The van der Waals surface area contributed by atoms with Crippen molar-refractivity contribution < 1.29 is 18.7 Å². The predicted molar refractivity (Wildman–Crippen MR) is 73.1 cm³/mol. The summed E-state index contributed by atoms with van der Waals surface area (Å²) in [6.45, 7) is 6.93. The van der Waals surface area contributed by atoms with E-state index in [1.807, 2.05) is 20.8 Å². The van der Waals surface area contributed by atoms with E-state index in [-0.39, 0.29) is 11.4 Å². The topological polar surface area (TPSA) is 48.7 Å². The first-order chi connectivity index (χ1) is 9.06. The Labute approximate surface area is 115 Å². The molecule has 0 aromatic carbocycles. The van der Waals surface area contributed by atoms with Crippen LogP contribution in [0.15, 0.2) is 22.8 Å². The average molecular weight is 268 g/mol. The van der Waals surface area contributed by atoms with Crippen LogP contribution in [-0.4, -0.2) is 19.2 Å². The summed E-state index contributed by atoms with van der Waals surface area (Å²) in [5.74, 6) is 0.443. The van der Waals surface area contributed by atoms with Crippen LogP contribution in [-0.2, 0) is 9.53 Å². The zero-order valence-electron chi connectivity index (χ0n) is 12.1. The van der Waals surface area contributed by atoms with Crippen molar-refractivity contribution in [1.29, 1.82) is 0 Å². The van der Waals surface area contributed by atoms with Crippen LogP contribution in [0.2, 0.25) is 0 Å². The molecule has 0 fully saturated rings. The zero-order valence-corrected chi connectivity index (χ0v) is 12.1. The second-order valence-electron chi connectivity index (χ2n) is 5.21. The first kappa shape index (κ1) is 15.6. The van der Waals surface area contributed by atoms with Gasteiger partial charge in [0.15, 0.2) is 0 Å². The molecule has 4 nitrogen and oxygen atoms in total. The molecule has 1 rings (SSSR count). The van der Waals surface area contributed by atoms with Crippen molar-refractivity contribution in [1.82, 2.24) is 0 Å². The van der Waals surface area contributed by atoms with Crippen molar-refractivity contribution in [2.45, 2.75) is 46.5 Å². The summed E-state index contributed by atoms with van der Waals surface area (Å²) in [5, 5.41) is 0. The number of rotatable bonds is 9. The monoisotopic (exact) mass is 268 g/mol. The Kier molecular flexibility index (Phi) is 6.46. The van der Waals surface area contributed by atoms with Crippen molar-refractivity contribution in [2.75, 3.05) is 13.2 Å². The van der Waals surface area contributed by atoms with Gasteiger partial charge in [-0.3, -0.25) is 4.79 Å². The maximum absolute atomic E-state index is 11.7. The molecule has 0 N–H and O–H groups in total. The molecule has 0 spiro atoms. The molecule has 1 aromatic heterocycles. The van der Waals surface area contributed by atoms with Gasteiger partial charge in [0.1, 0.15) is 0 Å². The number of carbonyl (C=O) groups excluding carboxylic acids is 1. The molecule has 108 valence electrons. The highest BCUT2D eigenvalue weighted by molar-refractivity contribution is 5.75. The van der Waals surface area contributed by atoms with Crippen LogP contribution in [0.25, 0.3) is 0 Å². The third kappa shape index (κ3) is 5.81. The van der Waals surface area contributed by atoms with Gasteiger partial charge in [-0.2, -0.15) is 0 Å². The van der Waals surface area contributed by atoms with Gasteiger partial charge in [0, 0.05) is 6.07 Å². The molecule has 0 radical (unpaired) electrons. The maximum Gasteiger partial charge on any atom is 0.311 e. The zero-order chi connectivity index (χ0) is 14.1. The summed E-state index contributed by atoms with van der Waals surface area (Å²) in [7, 11) is 0. The normalized spacial score (nSPS) is 11.3. The number of hydrogen-bond donors (Lipinski definition) is 0. The molecule has 4 heteroatoms. The fraction of sp³-hybridized carbons (Fsp3) is 0.667. The first-order valence-corrected chi connectivity index (χ1v) is 6.90. The highest BCUT2D eigenvalue weighted by atomic mass is 16.6. The van der Waals surface area contributed by atoms with Crippen molar-refractivity contribution in [3.05, 3.63) is 18.4 Å². The van der Waals surface area contributed by atoms with Crippen molar-refractivity contribution in [2.24, 2.45) is 5.41 Å². The number of esters is 1. The van der Waals surface area contributed by atoms with E-state index < -0.39 is 0 Å². The molecular weight excluding hydrogens is 244 g/mol. The number of ether oxygens (including phenoxy) is 2. The summed E-state index contributed by atoms with van der Waals surface area (Å²) in [6.07, 6.45) is 5.15. The van der Waals surface area contributed by atoms with Crippen LogP contribution < -0.4 is 4.74 Å². The summed E-state index contributed by atoms with van der Waals surface area (Å²) in [4.78, 5) is 11.7. The fourth-order valence-electron chi connectivity index (χ4n) is 1.40. The van der Waals surface area contributed by atoms with Gasteiger partial charge in [0.25, 0.3) is 5.95 Å². The van der Waals surface area contributed by atoms with Gasteiger partial charge in [-0.05, 0) is 45.6 Å². The molecule has 0 aliphatic heterocycles. The molecule has 0 atom stereocenters. The Bertz CT molecular complexity index is 354. The smallest absolute Gasteiger partial charge is 0.311 e. The Morgan fingerprint density at radius 1 is 1.26 bits per heavy atom. The Hall–Kier alpha value is -1.45. The van der Waals surface area contributed by atoms with E-state index in [0.29, 0.717) is 19.2 Å². The fourth-order valence-corrected chi connectivity index (χ4v) is 1.40. The van der Waals surface area contributed by atoms with E-state index in [1.54, 1.807) is 18.4 Å². The quantitative estimate of drug-likeness (QED) is 0.505. The molecule has 0 aliphatic carbocycles. The molecule has 1 aromatic rings. The van der Waals surface area contributed by atoms with Crippen LogP contribution in [0, 0.1) is 5.41 Å². The van der Waals surface area contributed by atoms with Crippen molar-refractivity contribution in [3.8, 4) is 5.95 Å². The number of furan rings is 1. The summed E-state index contributed by atoms with van der Waals surface area (Å²) < 4.78 is 15.7. The van der Waals surface area contributed by atoms with E-state index >= 15 is 0 Å². The van der Waals surface area contributed by atoms with E-state index in [0.717, 1.165) is 25.7 Å². The lowest BCUT2D eigenvalue weighted by atomic mass is 9.91. The molecule has 19 heavy (non-hydrogen) atoms. The SMILES string of the molecule is CCC(C)(C)C(=O)OCCCCCOc1ccco1. The van der Waals surface area contributed by atoms with Gasteiger partial charge < -0.3 is 13.9 Å². The number of unbranched alkanes of at least 4 members (excludes halogenated alkanes) is 2. The van der Waals surface area contributed by atoms with Gasteiger partial charge in [0.2, 0.25) is 0 Å². The lowest BCUT2D eigenvalue weighted by molar-refractivity contribution is -0.154. The van der Waals surface area contributed by atoms with E-state index in [4.69, 9.17) is 13.9 Å². The van der Waals surface area contributed by atoms with Crippen LogP contribution in [0.1, 0.15) is 46.5 Å². The minimum Gasteiger partial charge on any atom is -0.465 e. The summed E-state index contributed by atoms with van der Waals surface area (Å²) >= 11 is 0. The summed E-state index contributed by atoms with van der Waals surface area (Å²) in [5.41, 5.74) is -0.373. The van der Waals surface area contributed by atoms with Crippen LogP contribution in [0.3, 0.4) is 0 Å². The molecule has 0 aliphatic rings. The predicted octanol–water partition coefficient (Wildman–Crippen LogP) is 3.81. The van der Waals surface area contributed by atoms with E-state index in [1.165, 1.54) is 0 Å². The molecule has 0 saturated heterocycles. The summed E-state index contributed by atoms with van der Waals surface area (Å²) in [6, 6.07) is 3.58. The minimum absolute atomic E-state index is 0.109. The van der Waals surface area contributed by atoms with E-state index in [9.17, 15) is 4.79 Å². The Morgan fingerprint density at radius 2 is 2.00 bits per heavy atom. The molecular formula is C15H24O4. The van der Waals surface area contributed by atoms with Crippen LogP contribution in [0.5, 0.6) is 5.95 Å². The van der Waals surface area contributed by atoms with Gasteiger partial charge in [-0.1, -0.05) is 6.92 Å².